The molecule has 0 aliphatic rings. The molecule has 1 unspecified atom stereocenters. The number of alkyl halides is 3. The number of nitrogens with zero attached hydrogens (tertiary/aromatic N) is 2. The molecule has 0 spiro atoms. The summed E-state index contributed by atoms with van der Waals surface area (Å²) < 4.78 is 69.7. The van der Waals surface area contributed by atoms with Crippen molar-refractivity contribution in [3.8, 4) is 0 Å². The van der Waals surface area contributed by atoms with Crippen molar-refractivity contribution in [1.82, 2.24) is 10.2 Å². The number of hydrogen-bond acceptors (Lipinski definition) is 4. The van der Waals surface area contributed by atoms with Gasteiger partial charge in [0.2, 0.25) is 11.8 Å². The molecule has 0 aliphatic carbocycles. The molecule has 0 saturated carbocycles. The van der Waals surface area contributed by atoms with Crippen molar-refractivity contribution >= 4 is 50.7 Å². The van der Waals surface area contributed by atoms with Gasteiger partial charge in [-0.15, -0.1) is 0 Å². The van der Waals surface area contributed by atoms with Crippen molar-refractivity contribution in [1.29, 1.82) is 0 Å². The molecule has 0 aromatic heterocycles. The van der Waals surface area contributed by atoms with E-state index in [1.807, 2.05) is 0 Å². The molecule has 13 heteroatoms. The van der Waals surface area contributed by atoms with Gasteiger partial charge in [-0.3, -0.25) is 13.9 Å². The number of nitrogens with one attached hydrogen (secondary N) is 1. The standard InChI is InChI=1S/C30H32Cl2F3N3O4S/c1-19-6-13-24(14-7-19)43(41,42)38(23-12-15-26(32)25(16-23)30(33,34)35)18-27(39)37(17-21-8-10-22(31)11-9-21)20(2)28(40)36-29(3,4)5/h6-16,20H,17-18H2,1-5H3,(H,36,40). The summed E-state index contributed by atoms with van der Waals surface area (Å²) in [6, 6.07) is 13.7. The molecule has 2 amide bonds. The van der Waals surface area contributed by atoms with Crippen LogP contribution in [0.2, 0.25) is 10.0 Å². The van der Waals surface area contributed by atoms with Gasteiger partial charge in [-0.05, 0) is 82.6 Å². The minimum atomic E-state index is -4.89. The second-order valence-electron chi connectivity index (χ2n) is 11.0. The van der Waals surface area contributed by atoms with Crippen molar-refractivity contribution in [3.63, 3.8) is 0 Å². The highest BCUT2D eigenvalue weighted by Gasteiger charge is 2.37. The molecule has 0 aliphatic heterocycles. The smallest absolute Gasteiger partial charge is 0.350 e. The lowest BCUT2D eigenvalue weighted by Crippen LogP contribution is -2.54. The van der Waals surface area contributed by atoms with Gasteiger partial charge in [-0.2, -0.15) is 13.2 Å². The normalized spacial score (nSPS) is 12.9. The van der Waals surface area contributed by atoms with Gasteiger partial charge in [0.25, 0.3) is 10.0 Å². The van der Waals surface area contributed by atoms with Crippen molar-refractivity contribution in [3.05, 3.63) is 93.5 Å². The van der Waals surface area contributed by atoms with Crippen LogP contribution in [0.15, 0.2) is 71.6 Å². The number of rotatable bonds is 9. The van der Waals surface area contributed by atoms with E-state index < -0.39 is 62.4 Å². The van der Waals surface area contributed by atoms with Gasteiger partial charge in [0.05, 0.1) is 21.2 Å². The average molecular weight is 659 g/mol. The fourth-order valence-electron chi connectivity index (χ4n) is 4.10. The number of aryl methyl sites for hydroxylation is 1. The van der Waals surface area contributed by atoms with Gasteiger partial charge in [0.15, 0.2) is 0 Å². The van der Waals surface area contributed by atoms with Crippen LogP contribution in [0.1, 0.15) is 44.4 Å². The third-order valence-electron chi connectivity index (χ3n) is 6.36. The van der Waals surface area contributed by atoms with Crippen LogP contribution >= 0.6 is 23.2 Å². The Labute approximate surface area is 259 Å². The SMILES string of the molecule is Cc1ccc(S(=O)(=O)N(CC(=O)N(Cc2ccc(Cl)cc2)C(C)C(=O)NC(C)(C)C)c2ccc(Cl)c(C(F)(F)F)c2)cc1. The molecule has 232 valence electrons. The Bertz CT molecular complexity index is 1570. The Morgan fingerprint density at radius 1 is 0.930 bits per heavy atom. The van der Waals surface area contributed by atoms with Crippen LogP contribution in [0.5, 0.6) is 0 Å². The molecular weight excluding hydrogens is 626 g/mol. The highest BCUT2D eigenvalue weighted by atomic mass is 35.5. The van der Waals surface area contributed by atoms with E-state index in [4.69, 9.17) is 23.2 Å². The fourth-order valence-corrected chi connectivity index (χ4v) is 5.85. The first-order valence-electron chi connectivity index (χ1n) is 13.1. The number of carbonyl (C=O) groups excluding carboxylic acids is 2. The van der Waals surface area contributed by atoms with E-state index in [0.29, 0.717) is 21.0 Å². The van der Waals surface area contributed by atoms with Crippen molar-refractivity contribution in [2.45, 2.75) is 63.8 Å². The molecule has 0 fully saturated rings. The zero-order chi connectivity index (χ0) is 32.3. The quantitative estimate of drug-likeness (QED) is 0.273. The summed E-state index contributed by atoms with van der Waals surface area (Å²) in [7, 11) is -4.57. The Morgan fingerprint density at radius 2 is 1.51 bits per heavy atom. The number of carbonyl (C=O) groups is 2. The fraction of sp³-hybridized carbons (Fsp3) is 0.333. The molecule has 0 heterocycles. The van der Waals surface area contributed by atoms with Crippen molar-refractivity contribution < 1.29 is 31.2 Å². The first-order chi connectivity index (χ1) is 19.8. The lowest BCUT2D eigenvalue weighted by atomic mass is 10.1. The number of hydrogen-bond donors (Lipinski definition) is 1. The van der Waals surface area contributed by atoms with E-state index in [9.17, 15) is 31.2 Å². The predicted molar refractivity (Wildman–Crippen MR) is 162 cm³/mol. The summed E-state index contributed by atoms with van der Waals surface area (Å²) in [5, 5.41) is 2.61. The number of amides is 2. The minimum absolute atomic E-state index is 0.110. The molecular formula is C30H32Cl2F3N3O4S. The highest BCUT2D eigenvalue weighted by Crippen LogP contribution is 2.38. The first-order valence-corrected chi connectivity index (χ1v) is 15.3. The summed E-state index contributed by atoms with van der Waals surface area (Å²) in [5.74, 6) is -1.33. The van der Waals surface area contributed by atoms with E-state index in [-0.39, 0.29) is 11.4 Å². The largest absolute Gasteiger partial charge is 0.417 e. The molecule has 0 saturated heterocycles. The van der Waals surface area contributed by atoms with Crippen molar-refractivity contribution in [2.24, 2.45) is 0 Å². The van der Waals surface area contributed by atoms with Gasteiger partial charge in [-0.25, -0.2) is 8.42 Å². The third-order valence-corrected chi connectivity index (χ3v) is 8.73. The Balaban J connectivity index is 2.13. The number of benzene rings is 3. The Morgan fingerprint density at radius 3 is 2.05 bits per heavy atom. The van der Waals surface area contributed by atoms with E-state index in [1.54, 1.807) is 52.0 Å². The van der Waals surface area contributed by atoms with Crippen LogP contribution in [0, 0.1) is 6.92 Å². The average Bonchev–Trinajstić information content (AvgIpc) is 2.90. The van der Waals surface area contributed by atoms with E-state index in [2.05, 4.69) is 5.32 Å². The minimum Gasteiger partial charge on any atom is -0.350 e. The monoisotopic (exact) mass is 657 g/mol. The Hall–Kier alpha value is -3.28. The molecule has 0 radical (unpaired) electrons. The second-order valence-corrected chi connectivity index (χ2v) is 13.8. The molecule has 3 rings (SSSR count). The van der Waals surface area contributed by atoms with E-state index in [0.717, 1.165) is 17.7 Å². The number of halogens is 5. The molecule has 1 atom stereocenters. The van der Waals surface area contributed by atoms with Gasteiger partial charge in [0.1, 0.15) is 12.6 Å². The number of sulfonamides is 1. The van der Waals surface area contributed by atoms with Gasteiger partial charge >= 0.3 is 6.18 Å². The zero-order valence-corrected chi connectivity index (χ0v) is 26.5. The summed E-state index contributed by atoms with van der Waals surface area (Å²) in [4.78, 5) is 28.0. The number of anilines is 1. The highest BCUT2D eigenvalue weighted by molar-refractivity contribution is 7.92. The summed E-state index contributed by atoms with van der Waals surface area (Å²) >= 11 is 11.8. The molecule has 0 bridgehead atoms. The lowest BCUT2D eigenvalue weighted by molar-refractivity contribution is -0.140. The summed E-state index contributed by atoms with van der Waals surface area (Å²) in [6.45, 7) is 7.49. The molecule has 7 nitrogen and oxygen atoms in total. The lowest BCUT2D eigenvalue weighted by Gasteiger charge is -2.33. The topological polar surface area (TPSA) is 86.8 Å². The van der Waals surface area contributed by atoms with Crippen LogP contribution in [0.25, 0.3) is 0 Å². The van der Waals surface area contributed by atoms with E-state index >= 15 is 0 Å². The molecule has 43 heavy (non-hydrogen) atoms. The first kappa shape index (κ1) is 34.2. The zero-order valence-electron chi connectivity index (χ0n) is 24.2. The van der Waals surface area contributed by atoms with Gasteiger partial charge < -0.3 is 10.2 Å². The second kappa shape index (κ2) is 13.2. The van der Waals surface area contributed by atoms with Gasteiger partial charge in [0, 0.05) is 17.1 Å². The van der Waals surface area contributed by atoms with Crippen LogP contribution < -0.4 is 9.62 Å². The molecule has 3 aromatic rings. The van der Waals surface area contributed by atoms with Crippen LogP contribution in [0.3, 0.4) is 0 Å². The third kappa shape index (κ3) is 8.87. The summed E-state index contributed by atoms with van der Waals surface area (Å²) in [6.07, 6.45) is -4.89. The van der Waals surface area contributed by atoms with Crippen LogP contribution in [-0.2, 0) is 32.3 Å². The van der Waals surface area contributed by atoms with Gasteiger partial charge in [-0.1, -0.05) is 53.0 Å². The maximum Gasteiger partial charge on any atom is 0.417 e. The van der Waals surface area contributed by atoms with Crippen LogP contribution in [-0.4, -0.2) is 43.3 Å². The maximum atomic E-state index is 14.0. The molecule has 1 N–H and O–H groups in total. The van der Waals surface area contributed by atoms with E-state index in [1.165, 1.54) is 36.1 Å². The van der Waals surface area contributed by atoms with Crippen LogP contribution in [0.4, 0.5) is 18.9 Å². The van der Waals surface area contributed by atoms with Crippen molar-refractivity contribution in [2.75, 3.05) is 10.8 Å². The molecule has 3 aromatic carbocycles. The summed E-state index contributed by atoms with van der Waals surface area (Å²) in [5.41, 5.74) is -0.992. The Kier molecular flexibility index (Phi) is 10.5. The maximum absolute atomic E-state index is 14.0. The predicted octanol–water partition coefficient (Wildman–Crippen LogP) is 6.85.